The van der Waals surface area contributed by atoms with Crippen LogP contribution in [0.15, 0.2) is 0 Å². The summed E-state index contributed by atoms with van der Waals surface area (Å²) < 4.78 is 29.2. The predicted octanol–water partition coefficient (Wildman–Crippen LogP) is 1.69. The Kier molecular flexibility index (Phi) is 4.97. The van der Waals surface area contributed by atoms with Gasteiger partial charge in [-0.3, -0.25) is 0 Å². The summed E-state index contributed by atoms with van der Waals surface area (Å²) >= 11 is 1.85. The monoisotopic (exact) mass is 292 g/mol. The van der Waals surface area contributed by atoms with Gasteiger partial charge in [0.05, 0.1) is 0 Å². The highest BCUT2D eigenvalue weighted by atomic mass is 32.2. The third kappa shape index (κ3) is 3.85. The van der Waals surface area contributed by atoms with Gasteiger partial charge < -0.3 is 0 Å². The minimum absolute atomic E-state index is 0.126. The van der Waals surface area contributed by atoms with Crippen molar-refractivity contribution in [1.82, 2.24) is 9.03 Å². The Morgan fingerprint density at radius 2 is 1.89 bits per heavy atom. The quantitative estimate of drug-likeness (QED) is 0.861. The molecular formula is C12H24N2O2S2. The van der Waals surface area contributed by atoms with Crippen LogP contribution in [0, 0.1) is 11.8 Å². The minimum Gasteiger partial charge on any atom is -0.198 e. The molecule has 0 aliphatic carbocycles. The van der Waals surface area contributed by atoms with Crippen molar-refractivity contribution in [3.05, 3.63) is 0 Å². The summed E-state index contributed by atoms with van der Waals surface area (Å²) in [7, 11) is -3.28. The summed E-state index contributed by atoms with van der Waals surface area (Å²) in [6.45, 7) is 5.60. The molecule has 2 heterocycles. The van der Waals surface area contributed by atoms with Crippen LogP contribution in [0.5, 0.6) is 0 Å². The highest BCUT2D eigenvalue weighted by Crippen LogP contribution is 2.24. The summed E-state index contributed by atoms with van der Waals surface area (Å²) in [5.41, 5.74) is 0. The Hall–Kier alpha value is 0.220. The molecule has 0 aromatic heterocycles. The number of hydrogen-bond donors (Lipinski definition) is 1. The van der Waals surface area contributed by atoms with Crippen LogP contribution in [-0.4, -0.2) is 43.4 Å². The molecule has 106 valence electrons. The molecule has 3 atom stereocenters. The first kappa shape index (κ1) is 14.6. The molecule has 0 amide bonds. The van der Waals surface area contributed by atoms with Crippen molar-refractivity contribution in [2.24, 2.45) is 11.8 Å². The minimum atomic E-state index is -3.28. The van der Waals surface area contributed by atoms with Crippen LogP contribution in [0.25, 0.3) is 0 Å². The first-order valence-corrected chi connectivity index (χ1v) is 9.42. The Labute approximate surface area is 115 Å². The van der Waals surface area contributed by atoms with E-state index in [2.05, 4.69) is 18.6 Å². The molecular weight excluding hydrogens is 268 g/mol. The number of nitrogens with zero attached hydrogens (tertiary/aromatic N) is 1. The average Bonchev–Trinajstić information content (AvgIpc) is 2.28. The van der Waals surface area contributed by atoms with Gasteiger partial charge in [0.25, 0.3) is 10.2 Å². The van der Waals surface area contributed by atoms with E-state index in [0.29, 0.717) is 24.9 Å². The lowest BCUT2D eigenvalue weighted by Gasteiger charge is -2.35. The van der Waals surface area contributed by atoms with Crippen LogP contribution in [0.3, 0.4) is 0 Å². The molecule has 0 bridgehead atoms. The largest absolute Gasteiger partial charge is 0.279 e. The average molecular weight is 292 g/mol. The molecule has 3 unspecified atom stereocenters. The number of piperidine rings is 1. The standard InChI is InChI=1S/C12H24N2O2S2/c1-10-6-11(2)8-14(7-10)18(15,16)13-12-4-3-5-17-9-12/h10-13H,3-9H2,1-2H3. The zero-order valence-electron chi connectivity index (χ0n) is 11.3. The lowest BCUT2D eigenvalue weighted by atomic mass is 9.94. The molecule has 4 nitrogen and oxygen atoms in total. The molecule has 0 aromatic carbocycles. The molecule has 2 aliphatic rings. The van der Waals surface area contributed by atoms with E-state index >= 15 is 0 Å². The zero-order valence-corrected chi connectivity index (χ0v) is 12.9. The van der Waals surface area contributed by atoms with E-state index in [0.717, 1.165) is 30.8 Å². The van der Waals surface area contributed by atoms with Gasteiger partial charge in [-0.05, 0) is 36.9 Å². The van der Waals surface area contributed by atoms with Gasteiger partial charge in [0, 0.05) is 24.9 Å². The van der Waals surface area contributed by atoms with Crippen molar-refractivity contribution in [2.75, 3.05) is 24.6 Å². The first-order chi connectivity index (χ1) is 8.47. The molecule has 18 heavy (non-hydrogen) atoms. The van der Waals surface area contributed by atoms with E-state index in [1.165, 1.54) is 0 Å². The SMILES string of the molecule is CC1CC(C)CN(S(=O)(=O)NC2CCCSC2)C1. The molecule has 0 radical (unpaired) electrons. The van der Waals surface area contributed by atoms with Crippen molar-refractivity contribution in [3.63, 3.8) is 0 Å². The summed E-state index contributed by atoms with van der Waals surface area (Å²) in [6.07, 6.45) is 3.22. The third-order valence-corrected chi connectivity index (χ3v) is 6.48. The number of thioether (sulfide) groups is 1. The van der Waals surface area contributed by atoms with Crippen molar-refractivity contribution in [1.29, 1.82) is 0 Å². The van der Waals surface area contributed by atoms with E-state index in [1.807, 2.05) is 11.8 Å². The maximum absolute atomic E-state index is 12.4. The lowest BCUT2D eigenvalue weighted by Crippen LogP contribution is -2.51. The van der Waals surface area contributed by atoms with Crippen LogP contribution in [-0.2, 0) is 10.2 Å². The Balaban J connectivity index is 1.96. The van der Waals surface area contributed by atoms with E-state index in [-0.39, 0.29) is 6.04 Å². The summed E-state index contributed by atoms with van der Waals surface area (Å²) in [5, 5.41) is 0. The zero-order chi connectivity index (χ0) is 13.2. The fourth-order valence-corrected chi connectivity index (χ4v) is 5.77. The van der Waals surface area contributed by atoms with Gasteiger partial charge in [-0.2, -0.15) is 29.2 Å². The van der Waals surface area contributed by atoms with Gasteiger partial charge in [-0.1, -0.05) is 13.8 Å². The second-order valence-electron chi connectivity index (χ2n) is 5.80. The molecule has 1 N–H and O–H groups in total. The number of hydrogen-bond acceptors (Lipinski definition) is 3. The number of nitrogens with one attached hydrogen (secondary N) is 1. The van der Waals surface area contributed by atoms with Gasteiger partial charge in [0.2, 0.25) is 0 Å². The van der Waals surface area contributed by atoms with Crippen LogP contribution in [0.2, 0.25) is 0 Å². The van der Waals surface area contributed by atoms with Gasteiger partial charge in [0.1, 0.15) is 0 Å². The van der Waals surface area contributed by atoms with E-state index in [1.54, 1.807) is 4.31 Å². The first-order valence-electron chi connectivity index (χ1n) is 6.82. The molecule has 6 heteroatoms. The fraction of sp³-hybridized carbons (Fsp3) is 1.00. The van der Waals surface area contributed by atoms with Crippen LogP contribution < -0.4 is 4.72 Å². The summed E-state index contributed by atoms with van der Waals surface area (Å²) in [6, 6.07) is 0.126. The summed E-state index contributed by atoms with van der Waals surface area (Å²) in [4.78, 5) is 0. The normalized spacial score (nSPS) is 35.6. The second kappa shape index (κ2) is 6.11. The van der Waals surface area contributed by atoms with E-state index < -0.39 is 10.2 Å². The summed E-state index contributed by atoms with van der Waals surface area (Å²) in [5.74, 6) is 3.01. The maximum Gasteiger partial charge on any atom is 0.279 e. The van der Waals surface area contributed by atoms with Crippen molar-refractivity contribution >= 4 is 22.0 Å². The highest BCUT2D eigenvalue weighted by molar-refractivity contribution is 7.99. The Morgan fingerprint density at radius 3 is 2.44 bits per heavy atom. The number of rotatable bonds is 3. The Morgan fingerprint density at radius 1 is 1.22 bits per heavy atom. The van der Waals surface area contributed by atoms with Crippen molar-refractivity contribution in [2.45, 2.75) is 39.2 Å². The van der Waals surface area contributed by atoms with Crippen LogP contribution >= 0.6 is 11.8 Å². The molecule has 2 aliphatic heterocycles. The van der Waals surface area contributed by atoms with Crippen molar-refractivity contribution in [3.8, 4) is 0 Å². The molecule has 2 saturated heterocycles. The second-order valence-corrected chi connectivity index (χ2v) is 8.65. The fourth-order valence-electron chi connectivity index (χ4n) is 2.92. The molecule has 2 fully saturated rings. The topological polar surface area (TPSA) is 49.4 Å². The molecule has 2 rings (SSSR count). The Bertz CT molecular complexity index is 356. The van der Waals surface area contributed by atoms with E-state index in [4.69, 9.17) is 0 Å². The van der Waals surface area contributed by atoms with Gasteiger partial charge in [0.15, 0.2) is 0 Å². The van der Waals surface area contributed by atoms with Gasteiger partial charge in [-0.15, -0.1) is 0 Å². The van der Waals surface area contributed by atoms with Crippen LogP contribution in [0.4, 0.5) is 0 Å². The molecule has 0 aromatic rings. The van der Waals surface area contributed by atoms with Gasteiger partial charge >= 0.3 is 0 Å². The van der Waals surface area contributed by atoms with Gasteiger partial charge in [-0.25, -0.2) is 0 Å². The van der Waals surface area contributed by atoms with Crippen LogP contribution in [0.1, 0.15) is 33.1 Å². The lowest BCUT2D eigenvalue weighted by molar-refractivity contribution is 0.219. The van der Waals surface area contributed by atoms with E-state index in [9.17, 15) is 8.42 Å². The van der Waals surface area contributed by atoms with Crippen molar-refractivity contribution < 1.29 is 8.42 Å². The highest BCUT2D eigenvalue weighted by Gasteiger charge is 2.32. The predicted molar refractivity (Wildman–Crippen MR) is 76.9 cm³/mol. The molecule has 0 spiro atoms. The third-order valence-electron chi connectivity index (χ3n) is 3.65. The maximum atomic E-state index is 12.4. The smallest absolute Gasteiger partial charge is 0.198 e. The molecule has 0 saturated carbocycles.